The SMILES string of the molecule is CCNc1ncc2c(n1)N1CCCC1CN(CC1CCN(C(=O)OC(C)(C)C)CC1)C2=O. The van der Waals surface area contributed by atoms with Crippen LogP contribution in [-0.2, 0) is 4.74 Å². The zero-order valence-electron chi connectivity index (χ0n) is 19.8. The molecule has 0 aliphatic carbocycles. The number of amides is 2. The van der Waals surface area contributed by atoms with E-state index in [0.29, 0.717) is 43.1 Å². The predicted octanol–water partition coefficient (Wildman–Crippen LogP) is 2.98. The maximum absolute atomic E-state index is 13.5. The van der Waals surface area contributed by atoms with Crippen molar-refractivity contribution in [3.8, 4) is 0 Å². The van der Waals surface area contributed by atoms with E-state index in [-0.39, 0.29) is 12.0 Å². The van der Waals surface area contributed by atoms with E-state index in [0.717, 1.165) is 51.1 Å². The van der Waals surface area contributed by atoms with Crippen LogP contribution in [0.15, 0.2) is 6.20 Å². The number of hydrogen-bond acceptors (Lipinski definition) is 7. The van der Waals surface area contributed by atoms with Gasteiger partial charge in [0.05, 0.1) is 0 Å². The monoisotopic (exact) mass is 444 g/mol. The van der Waals surface area contributed by atoms with E-state index < -0.39 is 5.60 Å². The Bertz CT molecular complexity index is 847. The van der Waals surface area contributed by atoms with E-state index in [1.165, 1.54) is 0 Å². The molecule has 9 nitrogen and oxygen atoms in total. The summed E-state index contributed by atoms with van der Waals surface area (Å²) in [7, 11) is 0. The van der Waals surface area contributed by atoms with Crippen molar-refractivity contribution in [2.24, 2.45) is 5.92 Å². The van der Waals surface area contributed by atoms with Gasteiger partial charge in [0.1, 0.15) is 17.0 Å². The highest BCUT2D eigenvalue weighted by Crippen LogP contribution is 2.33. The third kappa shape index (κ3) is 4.91. The molecule has 2 saturated heterocycles. The second-order valence-electron chi connectivity index (χ2n) is 10.1. The Labute approximate surface area is 190 Å². The van der Waals surface area contributed by atoms with E-state index >= 15 is 0 Å². The van der Waals surface area contributed by atoms with Crippen LogP contribution in [0.5, 0.6) is 0 Å². The molecule has 9 heteroatoms. The minimum absolute atomic E-state index is 0.0204. The van der Waals surface area contributed by atoms with E-state index in [1.54, 1.807) is 11.1 Å². The Balaban J connectivity index is 1.44. The fourth-order valence-electron chi connectivity index (χ4n) is 4.89. The number of anilines is 2. The van der Waals surface area contributed by atoms with Gasteiger partial charge >= 0.3 is 6.09 Å². The Kier molecular flexibility index (Phi) is 6.44. The first-order chi connectivity index (χ1) is 15.2. The van der Waals surface area contributed by atoms with Crippen LogP contribution >= 0.6 is 0 Å². The molecule has 4 heterocycles. The number of piperidine rings is 1. The minimum Gasteiger partial charge on any atom is -0.444 e. The lowest BCUT2D eigenvalue weighted by Crippen LogP contribution is -2.46. The fourth-order valence-corrected chi connectivity index (χ4v) is 4.89. The van der Waals surface area contributed by atoms with Crippen LogP contribution in [0.3, 0.4) is 0 Å². The minimum atomic E-state index is -0.485. The van der Waals surface area contributed by atoms with Gasteiger partial charge in [-0.05, 0) is 59.3 Å². The molecule has 0 aromatic carbocycles. The molecule has 1 aromatic heterocycles. The average Bonchev–Trinajstić information content (AvgIpc) is 3.16. The lowest BCUT2D eigenvalue weighted by atomic mass is 9.96. The van der Waals surface area contributed by atoms with Gasteiger partial charge in [-0.1, -0.05) is 0 Å². The van der Waals surface area contributed by atoms with Crippen LogP contribution < -0.4 is 10.2 Å². The number of ether oxygens (including phenoxy) is 1. The second-order valence-corrected chi connectivity index (χ2v) is 10.1. The zero-order chi connectivity index (χ0) is 22.9. The van der Waals surface area contributed by atoms with E-state index in [4.69, 9.17) is 9.72 Å². The largest absolute Gasteiger partial charge is 0.444 e. The molecule has 3 aliphatic rings. The molecule has 1 aromatic rings. The van der Waals surface area contributed by atoms with Gasteiger partial charge in [-0.3, -0.25) is 4.79 Å². The Morgan fingerprint density at radius 3 is 2.66 bits per heavy atom. The summed E-state index contributed by atoms with van der Waals surface area (Å²) in [5.74, 6) is 1.74. The summed E-state index contributed by atoms with van der Waals surface area (Å²) in [6.45, 7) is 12.1. The molecule has 3 aliphatic heterocycles. The summed E-state index contributed by atoms with van der Waals surface area (Å²) in [6.07, 6.45) is 5.37. The highest BCUT2D eigenvalue weighted by Gasteiger charge is 2.38. The summed E-state index contributed by atoms with van der Waals surface area (Å²) in [5, 5.41) is 3.16. The Morgan fingerprint density at radius 2 is 1.97 bits per heavy atom. The van der Waals surface area contributed by atoms with E-state index in [9.17, 15) is 9.59 Å². The van der Waals surface area contributed by atoms with Gasteiger partial charge in [-0.2, -0.15) is 4.98 Å². The number of nitrogens with one attached hydrogen (secondary N) is 1. The molecule has 1 atom stereocenters. The highest BCUT2D eigenvalue weighted by molar-refractivity contribution is 5.99. The molecule has 176 valence electrons. The summed E-state index contributed by atoms with van der Waals surface area (Å²) in [5.41, 5.74) is 0.115. The quantitative estimate of drug-likeness (QED) is 0.763. The smallest absolute Gasteiger partial charge is 0.410 e. The van der Waals surface area contributed by atoms with E-state index in [2.05, 4.69) is 15.2 Å². The van der Waals surface area contributed by atoms with Gasteiger partial charge in [-0.25, -0.2) is 9.78 Å². The summed E-state index contributed by atoms with van der Waals surface area (Å²) in [4.78, 5) is 41.0. The molecular weight excluding hydrogens is 408 g/mol. The lowest BCUT2D eigenvalue weighted by molar-refractivity contribution is 0.0166. The van der Waals surface area contributed by atoms with Gasteiger partial charge in [0.2, 0.25) is 5.95 Å². The summed E-state index contributed by atoms with van der Waals surface area (Å²) < 4.78 is 5.51. The van der Waals surface area contributed by atoms with Crippen molar-refractivity contribution >= 4 is 23.8 Å². The molecule has 0 spiro atoms. The number of rotatable bonds is 4. The normalized spacial score (nSPS) is 21.8. The van der Waals surface area contributed by atoms with Crippen LogP contribution in [-0.4, -0.2) is 82.7 Å². The third-order valence-corrected chi connectivity index (χ3v) is 6.45. The van der Waals surface area contributed by atoms with Crippen molar-refractivity contribution < 1.29 is 14.3 Å². The number of carbonyl (C=O) groups is 2. The zero-order valence-corrected chi connectivity index (χ0v) is 19.8. The first-order valence-electron chi connectivity index (χ1n) is 11.9. The van der Waals surface area contributed by atoms with Gasteiger partial charge in [-0.15, -0.1) is 0 Å². The topological polar surface area (TPSA) is 90.9 Å². The van der Waals surface area contributed by atoms with Crippen LogP contribution in [0.2, 0.25) is 0 Å². The molecule has 0 bridgehead atoms. The van der Waals surface area contributed by atoms with Crippen LogP contribution in [0, 0.1) is 5.92 Å². The van der Waals surface area contributed by atoms with Crippen molar-refractivity contribution in [3.05, 3.63) is 11.8 Å². The first-order valence-corrected chi connectivity index (χ1v) is 11.9. The Hall–Kier alpha value is -2.58. The van der Waals surface area contributed by atoms with Crippen molar-refractivity contribution in [2.45, 2.75) is 65.0 Å². The lowest BCUT2D eigenvalue weighted by Gasteiger charge is -2.36. The third-order valence-electron chi connectivity index (χ3n) is 6.45. The van der Waals surface area contributed by atoms with Gasteiger partial charge in [0, 0.05) is 51.5 Å². The van der Waals surface area contributed by atoms with Crippen molar-refractivity contribution in [1.82, 2.24) is 19.8 Å². The van der Waals surface area contributed by atoms with Crippen LogP contribution in [0.4, 0.5) is 16.6 Å². The van der Waals surface area contributed by atoms with Crippen molar-refractivity contribution in [3.63, 3.8) is 0 Å². The standard InChI is InChI=1S/C23H36N6O3/c1-5-24-21-25-13-18-19(26-21)29-10-6-7-17(29)15-28(20(18)30)14-16-8-11-27(12-9-16)22(31)32-23(2,3)4/h13,16-17H,5-12,14-15H2,1-4H3,(H,24,25,26). The van der Waals surface area contributed by atoms with E-state index in [1.807, 2.05) is 32.6 Å². The molecule has 0 saturated carbocycles. The van der Waals surface area contributed by atoms with Crippen LogP contribution in [0.25, 0.3) is 0 Å². The summed E-state index contributed by atoms with van der Waals surface area (Å²) >= 11 is 0. The summed E-state index contributed by atoms with van der Waals surface area (Å²) in [6, 6.07) is 0.298. The molecule has 2 amide bonds. The molecule has 1 unspecified atom stereocenters. The average molecular weight is 445 g/mol. The molecule has 1 N–H and O–H groups in total. The number of nitrogens with zero attached hydrogens (tertiary/aromatic N) is 5. The van der Waals surface area contributed by atoms with Gasteiger partial charge in [0.25, 0.3) is 5.91 Å². The molecule has 32 heavy (non-hydrogen) atoms. The predicted molar refractivity (Wildman–Crippen MR) is 123 cm³/mol. The molecule has 0 radical (unpaired) electrons. The van der Waals surface area contributed by atoms with Crippen molar-refractivity contribution in [2.75, 3.05) is 49.5 Å². The second kappa shape index (κ2) is 9.11. The number of carbonyl (C=O) groups excluding carboxylic acids is 2. The molecule has 2 fully saturated rings. The highest BCUT2D eigenvalue weighted by atomic mass is 16.6. The first kappa shape index (κ1) is 22.6. The van der Waals surface area contributed by atoms with Crippen molar-refractivity contribution in [1.29, 1.82) is 0 Å². The number of fused-ring (bicyclic) bond motifs is 3. The maximum atomic E-state index is 13.5. The fraction of sp³-hybridized carbons (Fsp3) is 0.739. The Morgan fingerprint density at radius 1 is 1.22 bits per heavy atom. The molecular formula is C23H36N6O3. The number of likely N-dealkylation sites (tertiary alicyclic amines) is 1. The van der Waals surface area contributed by atoms with Gasteiger partial charge < -0.3 is 24.8 Å². The van der Waals surface area contributed by atoms with Crippen LogP contribution in [0.1, 0.15) is 63.7 Å². The van der Waals surface area contributed by atoms with Gasteiger partial charge in [0.15, 0.2) is 0 Å². The number of aromatic nitrogens is 2. The maximum Gasteiger partial charge on any atom is 0.410 e. The molecule has 4 rings (SSSR count). The number of hydrogen-bond donors (Lipinski definition) is 1.